The van der Waals surface area contributed by atoms with E-state index in [0.717, 1.165) is 0 Å². The lowest BCUT2D eigenvalue weighted by Gasteiger charge is -2.32. The van der Waals surface area contributed by atoms with Gasteiger partial charge < -0.3 is 23.7 Å². The van der Waals surface area contributed by atoms with Crippen LogP contribution < -0.4 is 0 Å². The Hall–Kier alpha value is -1.02. The van der Waals surface area contributed by atoms with Crippen molar-refractivity contribution >= 4 is 11.9 Å². The van der Waals surface area contributed by atoms with E-state index in [2.05, 4.69) is 4.74 Å². The minimum atomic E-state index is -0.762. The Kier molecular flexibility index (Phi) is 5.67. The lowest BCUT2D eigenvalue weighted by Crippen LogP contribution is -2.46. The van der Waals surface area contributed by atoms with Gasteiger partial charge in [-0.3, -0.25) is 9.59 Å². The summed E-state index contributed by atoms with van der Waals surface area (Å²) < 4.78 is 24.8. The third kappa shape index (κ3) is 3.05. The van der Waals surface area contributed by atoms with Crippen molar-refractivity contribution < 1.29 is 33.3 Å². The molecule has 0 N–H and O–H groups in total. The van der Waals surface area contributed by atoms with E-state index < -0.39 is 36.4 Å². The maximum Gasteiger partial charge on any atom is 0.321 e. The molecule has 0 bridgehead atoms. The Morgan fingerprint density at radius 2 is 1.22 bits per heavy atom. The smallest absolute Gasteiger partial charge is 0.321 e. The molecule has 7 nitrogen and oxygen atoms in total. The zero-order chi connectivity index (χ0) is 13.7. The molecule has 1 fully saturated rings. The highest BCUT2D eigenvalue weighted by molar-refractivity contribution is 5.91. The molecule has 0 spiro atoms. The van der Waals surface area contributed by atoms with Crippen LogP contribution in [0.3, 0.4) is 0 Å². The van der Waals surface area contributed by atoms with Crippen molar-refractivity contribution in [2.75, 3.05) is 28.4 Å². The number of hydrogen-bond donors (Lipinski definition) is 0. The maximum atomic E-state index is 11.6. The molecular weight excluding hydrogens is 244 g/mol. The van der Waals surface area contributed by atoms with Crippen molar-refractivity contribution in [1.82, 2.24) is 0 Å². The van der Waals surface area contributed by atoms with Gasteiger partial charge in [0.05, 0.1) is 0 Å². The molecule has 0 amide bonds. The van der Waals surface area contributed by atoms with E-state index in [1.54, 1.807) is 0 Å². The van der Waals surface area contributed by atoms with E-state index in [1.165, 1.54) is 28.4 Å². The average molecular weight is 262 g/mol. The molecule has 0 aliphatic carbocycles. The van der Waals surface area contributed by atoms with Crippen LogP contribution >= 0.6 is 0 Å². The Bertz CT molecular complexity index is 268. The van der Waals surface area contributed by atoms with Gasteiger partial charge in [-0.2, -0.15) is 0 Å². The molecule has 1 rings (SSSR count). The Morgan fingerprint density at radius 3 is 1.50 bits per heavy atom. The summed E-state index contributed by atoms with van der Waals surface area (Å²) in [5.74, 6) is -2.68. The Balaban J connectivity index is 2.83. The molecule has 1 aliphatic heterocycles. The quantitative estimate of drug-likeness (QED) is 0.376. The number of esters is 2. The van der Waals surface area contributed by atoms with E-state index in [4.69, 9.17) is 18.9 Å². The van der Waals surface area contributed by atoms with Gasteiger partial charge >= 0.3 is 11.9 Å². The second-order valence-electron chi connectivity index (χ2n) is 3.87. The number of ether oxygens (including phenoxy) is 5. The van der Waals surface area contributed by atoms with E-state index in [9.17, 15) is 9.59 Å². The highest BCUT2D eigenvalue weighted by atomic mass is 16.7. The molecule has 2 atom stereocenters. The largest absolute Gasteiger partial charge is 0.392 e. The highest BCUT2D eigenvalue weighted by Gasteiger charge is 2.45. The standard InChI is InChI=1S/C11H18O7/c1-14-10(15-2)6-5-7(11(16-3)17-4)9(13)18-8(6)12/h6-7,10-11H,5H2,1-4H3. The monoisotopic (exact) mass is 262 g/mol. The Morgan fingerprint density at radius 1 is 0.889 bits per heavy atom. The summed E-state index contributed by atoms with van der Waals surface area (Å²) in [5, 5.41) is 0. The first-order chi connectivity index (χ1) is 8.58. The molecular formula is C11H18O7. The third-order valence-electron chi connectivity index (χ3n) is 2.90. The SMILES string of the molecule is COC(OC)C1CC(C(OC)OC)C(=O)OC1=O. The van der Waals surface area contributed by atoms with Crippen LogP contribution in [-0.4, -0.2) is 53.0 Å². The summed E-state index contributed by atoms with van der Waals surface area (Å²) in [6.45, 7) is 0. The van der Waals surface area contributed by atoms with Gasteiger partial charge in [0.1, 0.15) is 11.8 Å². The third-order valence-corrected chi connectivity index (χ3v) is 2.90. The molecule has 2 unspecified atom stereocenters. The molecule has 18 heavy (non-hydrogen) atoms. The van der Waals surface area contributed by atoms with Crippen LogP contribution in [0.4, 0.5) is 0 Å². The van der Waals surface area contributed by atoms with Gasteiger partial charge in [-0.15, -0.1) is 0 Å². The maximum absolute atomic E-state index is 11.6. The van der Waals surface area contributed by atoms with Gasteiger partial charge in [0.15, 0.2) is 12.6 Å². The van der Waals surface area contributed by atoms with Crippen LogP contribution in [0.2, 0.25) is 0 Å². The molecule has 1 aliphatic rings. The topological polar surface area (TPSA) is 80.3 Å². The number of hydrogen-bond acceptors (Lipinski definition) is 7. The summed E-state index contributed by atoms with van der Waals surface area (Å²) in [6.07, 6.45) is -1.33. The summed E-state index contributed by atoms with van der Waals surface area (Å²) in [7, 11) is 5.65. The van der Waals surface area contributed by atoms with Crippen LogP contribution in [0.1, 0.15) is 6.42 Å². The van der Waals surface area contributed by atoms with Crippen molar-refractivity contribution in [3.8, 4) is 0 Å². The summed E-state index contributed by atoms with van der Waals surface area (Å²) in [4.78, 5) is 23.2. The summed E-state index contributed by atoms with van der Waals surface area (Å²) in [6, 6.07) is 0. The molecule has 0 aromatic carbocycles. The van der Waals surface area contributed by atoms with Gasteiger partial charge in [-0.05, 0) is 6.42 Å². The summed E-state index contributed by atoms with van der Waals surface area (Å²) in [5.41, 5.74) is 0. The van der Waals surface area contributed by atoms with Crippen molar-refractivity contribution in [3.05, 3.63) is 0 Å². The lowest BCUT2D eigenvalue weighted by molar-refractivity contribution is -0.211. The van der Waals surface area contributed by atoms with Crippen LogP contribution in [0, 0.1) is 11.8 Å². The van der Waals surface area contributed by atoms with Crippen molar-refractivity contribution in [2.24, 2.45) is 11.8 Å². The molecule has 0 aromatic rings. The van der Waals surface area contributed by atoms with Crippen molar-refractivity contribution in [3.63, 3.8) is 0 Å². The van der Waals surface area contributed by atoms with Crippen LogP contribution in [-0.2, 0) is 33.3 Å². The van der Waals surface area contributed by atoms with Gasteiger partial charge in [-0.25, -0.2) is 0 Å². The molecule has 0 aromatic heterocycles. The van der Waals surface area contributed by atoms with Gasteiger partial charge in [0.25, 0.3) is 0 Å². The summed E-state index contributed by atoms with van der Waals surface area (Å²) >= 11 is 0. The first-order valence-corrected chi connectivity index (χ1v) is 5.45. The van der Waals surface area contributed by atoms with Gasteiger partial charge in [0, 0.05) is 28.4 Å². The number of methoxy groups -OCH3 is 4. The van der Waals surface area contributed by atoms with Crippen LogP contribution in [0.15, 0.2) is 0 Å². The fraction of sp³-hybridized carbons (Fsp3) is 0.818. The van der Waals surface area contributed by atoms with Crippen LogP contribution in [0.25, 0.3) is 0 Å². The first-order valence-electron chi connectivity index (χ1n) is 5.45. The second kappa shape index (κ2) is 6.79. The van der Waals surface area contributed by atoms with E-state index in [-0.39, 0.29) is 6.42 Å². The molecule has 1 saturated heterocycles. The molecule has 7 heteroatoms. The average Bonchev–Trinajstić information content (AvgIpc) is 2.36. The van der Waals surface area contributed by atoms with E-state index >= 15 is 0 Å². The fourth-order valence-electron chi connectivity index (χ4n) is 2.01. The zero-order valence-corrected chi connectivity index (χ0v) is 10.9. The molecule has 1 heterocycles. The molecule has 0 saturated carbocycles. The highest BCUT2D eigenvalue weighted by Crippen LogP contribution is 2.29. The van der Waals surface area contributed by atoms with E-state index in [1.807, 2.05) is 0 Å². The molecule has 104 valence electrons. The lowest BCUT2D eigenvalue weighted by atomic mass is 9.90. The van der Waals surface area contributed by atoms with Gasteiger partial charge in [-0.1, -0.05) is 0 Å². The zero-order valence-electron chi connectivity index (χ0n) is 10.9. The van der Waals surface area contributed by atoms with Crippen molar-refractivity contribution in [2.45, 2.75) is 19.0 Å². The minimum absolute atomic E-state index is 0.191. The van der Waals surface area contributed by atoms with E-state index in [0.29, 0.717) is 0 Å². The number of carbonyl (C=O) groups is 2. The molecule has 0 radical (unpaired) electrons. The minimum Gasteiger partial charge on any atom is -0.392 e. The first kappa shape index (κ1) is 15.0. The Labute approximate surface area is 105 Å². The second-order valence-corrected chi connectivity index (χ2v) is 3.87. The number of cyclic esters (lactones) is 2. The van der Waals surface area contributed by atoms with Gasteiger partial charge in [0.2, 0.25) is 0 Å². The number of carbonyl (C=O) groups excluding carboxylic acids is 2. The van der Waals surface area contributed by atoms with Crippen LogP contribution in [0.5, 0.6) is 0 Å². The fourth-order valence-corrected chi connectivity index (χ4v) is 2.01. The van der Waals surface area contributed by atoms with Crippen molar-refractivity contribution in [1.29, 1.82) is 0 Å². The predicted octanol–water partition coefficient (Wildman–Crippen LogP) is -0.0699. The number of rotatable bonds is 6. The predicted molar refractivity (Wildman–Crippen MR) is 58.3 cm³/mol. The normalized spacial score (nSPS) is 24.8.